The summed E-state index contributed by atoms with van der Waals surface area (Å²) in [6.07, 6.45) is 0.358. The van der Waals surface area contributed by atoms with Gasteiger partial charge in [0.15, 0.2) is 0 Å². The van der Waals surface area contributed by atoms with Crippen molar-refractivity contribution >= 4 is 5.97 Å². The number of hydrogen-bond donors (Lipinski definition) is 0. The molecule has 2 nitrogen and oxygen atoms in total. The van der Waals surface area contributed by atoms with E-state index in [4.69, 9.17) is 0 Å². The van der Waals surface area contributed by atoms with E-state index in [9.17, 15) is 4.79 Å². The minimum absolute atomic E-state index is 0.189. The molecule has 0 bridgehead atoms. The third-order valence-corrected chi connectivity index (χ3v) is 2.19. The Bertz CT molecular complexity index is 316. The standard InChI is InChI=1S/C12H16O2.C2H6/c1-9(2)11-6-4-5-10(7-11)8-12(13)14-3;1-2/h4-7,9H,8H2,1-3H3;1-2H3. The maximum absolute atomic E-state index is 11.0. The van der Waals surface area contributed by atoms with E-state index in [1.807, 2.05) is 26.0 Å². The first-order valence-electron chi connectivity index (χ1n) is 5.79. The van der Waals surface area contributed by atoms with Crippen LogP contribution >= 0.6 is 0 Å². The maximum Gasteiger partial charge on any atom is 0.309 e. The van der Waals surface area contributed by atoms with Gasteiger partial charge in [0.05, 0.1) is 13.5 Å². The molecule has 0 heterocycles. The second-order valence-corrected chi connectivity index (χ2v) is 3.65. The molecule has 0 aliphatic carbocycles. The lowest BCUT2D eigenvalue weighted by atomic mass is 10.00. The van der Waals surface area contributed by atoms with Gasteiger partial charge >= 0.3 is 5.97 Å². The van der Waals surface area contributed by atoms with Crippen LogP contribution in [0.4, 0.5) is 0 Å². The highest BCUT2D eigenvalue weighted by Crippen LogP contribution is 2.15. The Kier molecular flexibility index (Phi) is 7.27. The predicted octanol–water partition coefficient (Wildman–Crippen LogP) is 3.55. The normalized spacial score (nSPS) is 9.38. The Hall–Kier alpha value is -1.31. The average Bonchev–Trinajstić information content (AvgIpc) is 2.32. The molecule has 16 heavy (non-hydrogen) atoms. The van der Waals surface area contributed by atoms with Crippen LogP contribution in [0, 0.1) is 0 Å². The molecule has 0 saturated heterocycles. The van der Waals surface area contributed by atoms with Crippen molar-refractivity contribution in [3.05, 3.63) is 35.4 Å². The van der Waals surface area contributed by atoms with Crippen molar-refractivity contribution < 1.29 is 9.53 Å². The van der Waals surface area contributed by atoms with Gasteiger partial charge in [0.25, 0.3) is 0 Å². The molecule has 1 aromatic carbocycles. The third-order valence-electron chi connectivity index (χ3n) is 2.19. The summed E-state index contributed by atoms with van der Waals surface area (Å²) in [5.74, 6) is 0.304. The fraction of sp³-hybridized carbons (Fsp3) is 0.500. The van der Waals surface area contributed by atoms with Crippen molar-refractivity contribution in [2.24, 2.45) is 0 Å². The van der Waals surface area contributed by atoms with E-state index >= 15 is 0 Å². The smallest absolute Gasteiger partial charge is 0.309 e. The Labute approximate surface area is 98.6 Å². The van der Waals surface area contributed by atoms with Crippen LogP contribution in [0.5, 0.6) is 0 Å². The van der Waals surface area contributed by atoms with E-state index < -0.39 is 0 Å². The molecular weight excluding hydrogens is 200 g/mol. The second-order valence-electron chi connectivity index (χ2n) is 3.65. The van der Waals surface area contributed by atoms with Gasteiger partial charge in [-0.2, -0.15) is 0 Å². The van der Waals surface area contributed by atoms with E-state index in [1.54, 1.807) is 0 Å². The monoisotopic (exact) mass is 222 g/mol. The summed E-state index contributed by atoms with van der Waals surface area (Å²) in [5.41, 5.74) is 2.27. The van der Waals surface area contributed by atoms with Gasteiger partial charge in [0.1, 0.15) is 0 Å². The lowest BCUT2D eigenvalue weighted by molar-refractivity contribution is -0.139. The number of carbonyl (C=O) groups excluding carboxylic acids is 1. The van der Waals surface area contributed by atoms with Gasteiger partial charge in [-0.05, 0) is 17.0 Å². The fourth-order valence-corrected chi connectivity index (χ4v) is 1.30. The number of rotatable bonds is 3. The van der Waals surface area contributed by atoms with Crippen molar-refractivity contribution in [1.82, 2.24) is 0 Å². The topological polar surface area (TPSA) is 26.3 Å². The predicted molar refractivity (Wildman–Crippen MR) is 67.6 cm³/mol. The zero-order valence-corrected chi connectivity index (χ0v) is 10.9. The molecule has 0 amide bonds. The average molecular weight is 222 g/mol. The van der Waals surface area contributed by atoms with Crippen LogP contribution in [0.3, 0.4) is 0 Å². The highest BCUT2D eigenvalue weighted by molar-refractivity contribution is 5.72. The first-order chi connectivity index (χ1) is 7.63. The Morgan fingerprint density at radius 2 is 1.94 bits per heavy atom. The van der Waals surface area contributed by atoms with Crippen LogP contribution in [0.25, 0.3) is 0 Å². The van der Waals surface area contributed by atoms with Gasteiger partial charge < -0.3 is 4.74 Å². The molecule has 0 saturated carbocycles. The van der Waals surface area contributed by atoms with E-state index in [1.165, 1.54) is 12.7 Å². The Morgan fingerprint density at radius 3 is 2.44 bits per heavy atom. The molecule has 0 radical (unpaired) electrons. The first-order valence-corrected chi connectivity index (χ1v) is 5.79. The van der Waals surface area contributed by atoms with Crippen molar-refractivity contribution in [1.29, 1.82) is 0 Å². The van der Waals surface area contributed by atoms with Crippen molar-refractivity contribution in [2.75, 3.05) is 7.11 Å². The number of benzene rings is 1. The molecule has 0 aliphatic heterocycles. The summed E-state index contributed by atoms with van der Waals surface area (Å²) in [6.45, 7) is 8.27. The summed E-state index contributed by atoms with van der Waals surface area (Å²) in [7, 11) is 1.41. The summed E-state index contributed by atoms with van der Waals surface area (Å²) < 4.78 is 4.62. The highest BCUT2D eigenvalue weighted by atomic mass is 16.5. The largest absolute Gasteiger partial charge is 0.469 e. The number of ether oxygens (including phenoxy) is 1. The van der Waals surface area contributed by atoms with Crippen molar-refractivity contribution in [3.63, 3.8) is 0 Å². The lowest BCUT2D eigenvalue weighted by Crippen LogP contribution is -2.04. The maximum atomic E-state index is 11.0. The quantitative estimate of drug-likeness (QED) is 0.731. The van der Waals surface area contributed by atoms with Crippen LogP contribution in [-0.4, -0.2) is 13.1 Å². The SMILES string of the molecule is CC.COC(=O)Cc1cccc(C(C)C)c1. The van der Waals surface area contributed by atoms with E-state index in [0.29, 0.717) is 12.3 Å². The van der Waals surface area contributed by atoms with Gasteiger partial charge in [-0.3, -0.25) is 4.79 Å². The number of hydrogen-bond acceptors (Lipinski definition) is 2. The van der Waals surface area contributed by atoms with Crippen molar-refractivity contribution in [3.8, 4) is 0 Å². The fourth-order valence-electron chi connectivity index (χ4n) is 1.30. The van der Waals surface area contributed by atoms with Gasteiger partial charge in [-0.1, -0.05) is 52.0 Å². The number of esters is 1. The summed E-state index contributed by atoms with van der Waals surface area (Å²) >= 11 is 0. The summed E-state index contributed by atoms with van der Waals surface area (Å²) in [6, 6.07) is 8.06. The molecule has 1 rings (SSSR count). The Balaban J connectivity index is 0.00000106. The van der Waals surface area contributed by atoms with E-state index in [-0.39, 0.29) is 5.97 Å². The van der Waals surface area contributed by atoms with Gasteiger partial charge in [-0.25, -0.2) is 0 Å². The van der Waals surface area contributed by atoms with Crippen molar-refractivity contribution in [2.45, 2.75) is 40.0 Å². The Morgan fingerprint density at radius 1 is 1.31 bits per heavy atom. The third kappa shape index (κ3) is 4.96. The summed E-state index contributed by atoms with van der Waals surface area (Å²) in [5, 5.41) is 0. The zero-order valence-electron chi connectivity index (χ0n) is 10.9. The molecule has 2 heteroatoms. The zero-order chi connectivity index (χ0) is 12.6. The van der Waals surface area contributed by atoms with Crippen LogP contribution in [0.2, 0.25) is 0 Å². The number of methoxy groups -OCH3 is 1. The molecule has 1 aromatic rings. The molecule has 0 atom stereocenters. The molecule has 0 aromatic heterocycles. The molecule has 0 unspecified atom stereocenters. The van der Waals surface area contributed by atoms with Gasteiger partial charge in [-0.15, -0.1) is 0 Å². The first kappa shape index (κ1) is 14.7. The van der Waals surface area contributed by atoms with Crippen LogP contribution in [0.1, 0.15) is 44.7 Å². The van der Waals surface area contributed by atoms with Crippen LogP contribution in [-0.2, 0) is 16.0 Å². The lowest BCUT2D eigenvalue weighted by Gasteiger charge is -2.07. The molecule has 90 valence electrons. The number of carbonyl (C=O) groups is 1. The molecular formula is C14H22O2. The highest BCUT2D eigenvalue weighted by Gasteiger charge is 2.04. The van der Waals surface area contributed by atoms with Crippen LogP contribution in [0.15, 0.2) is 24.3 Å². The molecule has 0 fully saturated rings. The van der Waals surface area contributed by atoms with Gasteiger partial charge in [0, 0.05) is 0 Å². The minimum atomic E-state index is -0.189. The molecule has 0 N–H and O–H groups in total. The minimum Gasteiger partial charge on any atom is -0.469 e. The molecule has 0 spiro atoms. The van der Waals surface area contributed by atoms with Gasteiger partial charge in [0.2, 0.25) is 0 Å². The summed E-state index contributed by atoms with van der Waals surface area (Å²) in [4.78, 5) is 11.0. The molecule has 0 aliphatic rings. The van der Waals surface area contributed by atoms with E-state index in [2.05, 4.69) is 30.7 Å². The van der Waals surface area contributed by atoms with Crippen LogP contribution < -0.4 is 0 Å². The van der Waals surface area contributed by atoms with E-state index in [0.717, 1.165) is 5.56 Å². The second kappa shape index (κ2) is 7.91.